The summed E-state index contributed by atoms with van der Waals surface area (Å²) in [6, 6.07) is 4.03. The van der Waals surface area contributed by atoms with E-state index in [2.05, 4.69) is 12.2 Å². The van der Waals surface area contributed by atoms with E-state index in [-0.39, 0.29) is 0 Å². The van der Waals surface area contributed by atoms with Crippen molar-refractivity contribution >= 4 is 0 Å². The van der Waals surface area contributed by atoms with Crippen LogP contribution in [0.4, 0.5) is 0 Å². The van der Waals surface area contributed by atoms with Crippen LogP contribution in [0.1, 0.15) is 11.1 Å². The molecule has 1 aromatic rings. The molecule has 0 aliphatic rings. The Hall–Kier alpha value is -1.26. The second kappa shape index (κ2) is 7.95. The highest BCUT2D eigenvalue weighted by Gasteiger charge is 2.08. The molecule has 0 aliphatic carbocycles. The highest BCUT2D eigenvalue weighted by atomic mass is 16.5. The van der Waals surface area contributed by atoms with Gasteiger partial charge in [0.05, 0.1) is 27.4 Å². The van der Waals surface area contributed by atoms with Crippen LogP contribution in [0.25, 0.3) is 0 Å². The summed E-state index contributed by atoms with van der Waals surface area (Å²) in [5.74, 6) is 1.54. The molecule has 18 heavy (non-hydrogen) atoms. The van der Waals surface area contributed by atoms with Crippen molar-refractivity contribution in [3.05, 3.63) is 23.3 Å². The first-order valence-corrected chi connectivity index (χ1v) is 6.16. The number of methoxy groups -OCH3 is 2. The molecule has 0 bridgehead atoms. The van der Waals surface area contributed by atoms with E-state index in [1.54, 1.807) is 14.2 Å². The number of aryl methyl sites for hydroxylation is 1. The van der Waals surface area contributed by atoms with Crippen LogP contribution in [0.5, 0.6) is 11.5 Å². The van der Waals surface area contributed by atoms with E-state index in [1.807, 2.05) is 19.2 Å². The van der Waals surface area contributed by atoms with Crippen molar-refractivity contribution in [2.24, 2.45) is 0 Å². The molecule has 0 saturated heterocycles. The molecule has 0 amide bonds. The predicted octanol–water partition coefficient (Wildman–Crippen LogP) is 1.79. The van der Waals surface area contributed by atoms with Crippen molar-refractivity contribution in [2.45, 2.75) is 13.3 Å². The molecule has 4 nitrogen and oxygen atoms in total. The Kier molecular flexibility index (Phi) is 6.54. The maximum absolute atomic E-state index is 5.53. The summed E-state index contributed by atoms with van der Waals surface area (Å²) in [5.41, 5.74) is 2.43. The number of hydrogen-bond donors (Lipinski definition) is 1. The van der Waals surface area contributed by atoms with Crippen molar-refractivity contribution in [3.63, 3.8) is 0 Å². The topological polar surface area (TPSA) is 39.7 Å². The van der Waals surface area contributed by atoms with Gasteiger partial charge in [0.2, 0.25) is 0 Å². The highest BCUT2D eigenvalue weighted by Crippen LogP contribution is 2.30. The largest absolute Gasteiger partial charge is 0.493 e. The quantitative estimate of drug-likeness (QED) is 0.717. The van der Waals surface area contributed by atoms with Gasteiger partial charge in [-0.1, -0.05) is 0 Å². The summed E-state index contributed by atoms with van der Waals surface area (Å²) >= 11 is 0. The van der Waals surface area contributed by atoms with Gasteiger partial charge in [-0.2, -0.15) is 0 Å². The molecule has 102 valence electrons. The van der Waals surface area contributed by atoms with Gasteiger partial charge in [-0.3, -0.25) is 0 Å². The molecule has 0 unspecified atom stereocenters. The van der Waals surface area contributed by atoms with Crippen molar-refractivity contribution in [1.82, 2.24) is 5.32 Å². The zero-order valence-electron chi connectivity index (χ0n) is 11.7. The predicted molar refractivity (Wildman–Crippen MR) is 72.7 cm³/mol. The Morgan fingerprint density at radius 1 is 1.06 bits per heavy atom. The van der Waals surface area contributed by atoms with Crippen molar-refractivity contribution in [2.75, 3.05) is 41.0 Å². The van der Waals surface area contributed by atoms with Gasteiger partial charge in [0, 0.05) is 6.54 Å². The first-order valence-electron chi connectivity index (χ1n) is 6.16. The minimum atomic E-state index is 0.720. The molecule has 0 heterocycles. The van der Waals surface area contributed by atoms with Crippen LogP contribution < -0.4 is 14.8 Å². The summed E-state index contributed by atoms with van der Waals surface area (Å²) < 4.78 is 16.1. The molecule has 1 rings (SSSR count). The SMILES string of the molecule is CNCCOCCc1cc(OC)c(OC)cc1C. The van der Waals surface area contributed by atoms with Gasteiger partial charge in [0.25, 0.3) is 0 Å². The zero-order chi connectivity index (χ0) is 13.4. The second-order valence-corrected chi connectivity index (χ2v) is 4.10. The third-order valence-electron chi connectivity index (χ3n) is 2.85. The van der Waals surface area contributed by atoms with E-state index in [9.17, 15) is 0 Å². The lowest BCUT2D eigenvalue weighted by Gasteiger charge is -2.13. The van der Waals surface area contributed by atoms with Crippen LogP contribution in [0, 0.1) is 6.92 Å². The Bertz CT molecular complexity index is 366. The summed E-state index contributed by atoms with van der Waals surface area (Å²) in [5, 5.41) is 3.05. The molecule has 0 saturated carbocycles. The van der Waals surface area contributed by atoms with Crippen molar-refractivity contribution in [1.29, 1.82) is 0 Å². The maximum Gasteiger partial charge on any atom is 0.161 e. The fourth-order valence-corrected chi connectivity index (χ4v) is 1.75. The fourth-order valence-electron chi connectivity index (χ4n) is 1.75. The summed E-state index contributed by atoms with van der Waals surface area (Å²) in [7, 11) is 5.22. The van der Waals surface area contributed by atoms with Gasteiger partial charge in [-0.15, -0.1) is 0 Å². The molecule has 0 aliphatic heterocycles. The van der Waals surface area contributed by atoms with Crippen LogP contribution in [0.2, 0.25) is 0 Å². The molecule has 0 fully saturated rings. The van der Waals surface area contributed by atoms with E-state index in [0.29, 0.717) is 0 Å². The lowest BCUT2D eigenvalue weighted by Crippen LogP contribution is -2.15. The number of likely N-dealkylation sites (N-methyl/N-ethyl adjacent to an activating group) is 1. The van der Waals surface area contributed by atoms with Crippen LogP contribution in [0.3, 0.4) is 0 Å². The molecule has 1 aromatic carbocycles. The third kappa shape index (κ3) is 4.20. The molecule has 4 heteroatoms. The van der Waals surface area contributed by atoms with Crippen LogP contribution in [0.15, 0.2) is 12.1 Å². The number of hydrogen-bond acceptors (Lipinski definition) is 4. The minimum Gasteiger partial charge on any atom is -0.493 e. The van der Waals surface area contributed by atoms with E-state index >= 15 is 0 Å². The Labute approximate surface area is 109 Å². The first kappa shape index (κ1) is 14.8. The van der Waals surface area contributed by atoms with Crippen LogP contribution >= 0.6 is 0 Å². The van der Waals surface area contributed by atoms with Gasteiger partial charge >= 0.3 is 0 Å². The molecule has 0 spiro atoms. The Balaban J connectivity index is 2.59. The summed E-state index contributed by atoms with van der Waals surface area (Å²) in [6.45, 7) is 4.41. The number of rotatable bonds is 8. The smallest absolute Gasteiger partial charge is 0.161 e. The fraction of sp³-hybridized carbons (Fsp3) is 0.571. The van der Waals surface area contributed by atoms with Gasteiger partial charge in [0.15, 0.2) is 11.5 Å². The van der Waals surface area contributed by atoms with Crippen LogP contribution in [-0.2, 0) is 11.2 Å². The standard InChI is InChI=1S/C14H23NO3/c1-11-9-13(16-3)14(17-4)10-12(11)5-7-18-8-6-15-2/h9-10,15H,5-8H2,1-4H3. The Morgan fingerprint density at radius 2 is 1.72 bits per heavy atom. The lowest BCUT2D eigenvalue weighted by molar-refractivity contribution is 0.140. The van der Waals surface area contributed by atoms with Gasteiger partial charge < -0.3 is 19.5 Å². The lowest BCUT2D eigenvalue weighted by atomic mass is 10.1. The summed E-state index contributed by atoms with van der Waals surface area (Å²) in [6.07, 6.45) is 0.885. The van der Waals surface area contributed by atoms with E-state index in [4.69, 9.17) is 14.2 Å². The number of benzene rings is 1. The third-order valence-corrected chi connectivity index (χ3v) is 2.85. The van der Waals surface area contributed by atoms with Crippen molar-refractivity contribution < 1.29 is 14.2 Å². The minimum absolute atomic E-state index is 0.720. The summed E-state index contributed by atoms with van der Waals surface area (Å²) in [4.78, 5) is 0. The Morgan fingerprint density at radius 3 is 2.33 bits per heavy atom. The molecule has 0 aromatic heterocycles. The van der Waals surface area contributed by atoms with E-state index in [1.165, 1.54) is 11.1 Å². The van der Waals surface area contributed by atoms with Gasteiger partial charge in [-0.25, -0.2) is 0 Å². The molecule has 0 atom stereocenters. The molecule has 0 radical (unpaired) electrons. The number of nitrogens with one attached hydrogen (secondary N) is 1. The second-order valence-electron chi connectivity index (χ2n) is 4.10. The highest BCUT2D eigenvalue weighted by molar-refractivity contribution is 5.47. The van der Waals surface area contributed by atoms with E-state index in [0.717, 1.165) is 37.7 Å². The monoisotopic (exact) mass is 253 g/mol. The molecular weight excluding hydrogens is 230 g/mol. The molecular formula is C14H23NO3. The number of ether oxygens (including phenoxy) is 3. The average molecular weight is 253 g/mol. The zero-order valence-corrected chi connectivity index (χ0v) is 11.7. The van der Waals surface area contributed by atoms with Gasteiger partial charge in [0.1, 0.15) is 0 Å². The molecule has 1 N–H and O–H groups in total. The van der Waals surface area contributed by atoms with E-state index < -0.39 is 0 Å². The average Bonchev–Trinajstić information content (AvgIpc) is 2.39. The maximum atomic E-state index is 5.53. The van der Waals surface area contributed by atoms with Gasteiger partial charge in [-0.05, 0) is 43.7 Å². The van der Waals surface area contributed by atoms with Crippen LogP contribution in [-0.4, -0.2) is 41.0 Å². The normalized spacial score (nSPS) is 10.4. The van der Waals surface area contributed by atoms with Crippen molar-refractivity contribution in [3.8, 4) is 11.5 Å². The first-order chi connectivity index (χ1) is 8.72.